The number of rotatable bonds is 3. The highest BCUT2D eigenvalue weighted by atomic mass is 16.2. The lowest BCUT2D eigenvalue weighted by Gasteiger charge is -2.07. The summed E-state index contributed by atoms with van der Waals surface area (Å²) >= 11 is 0. The predicted octanol–water partition coefficient (Wildman–Crippen LogP) is 1.56. The van der Waals surface area contributed by atoms with Gasteiger partial charge >= 0.3 is 6.03 Å². The first-order valence-corrected chi connectivity index (χ1v) is 5.51. The van der Waals surface area contributed by atoms with E-state index >= 15 is 0 Å². The molecule has 3 N–H and O–H groups in total. The van der Waals surface area contributed by atoms with Crippen LogP contribution >= 0.6 is 0 Å². The van der Waals surface area contributed by atoms with Crippen LogP contribution in [0.5, 0.6) is 0 Å². The number of hydrogen-bond acceptors (Lipinski definition) is 2. The van der Waals surface area contributed by atoms with Crippen molar-refractivity contribution in [3.8, 4) is 11.8 Å². The lowest BCUT2D eigenvalue weighted by Crippen LogP contribution is -2.28. The third-order valence-corrected chi connectivity index (χ3v) is 1.97. The Kier molecular flexibility index (Phi) is 5.62. The molecule has 0 bridgehead atoms. The normalized spacial score (nSPS) is 9.06. The Labute approximate surface area is 101 Å². The van der Waals surface area contributed by atoms with E-state index in [1.54, 1.807) is 6.07 Å². The zero-order valence-corrected chi connectivity index (χ0v) is 9.79. The van der Waals surface area contributed by atoms with Crippen LogP contribution in [-0.2, 0) is 0 Å². The molecule has 0 aliphatic heterocycles. The fraction of sp³-hybridized carbons (Fsp3) is 0.308. The second kappa shape index (κ2) is 7.31. The van der Waals surface area contributed by atoms with Crippen LogP contribution in [0.25, 0.3) is 0 Å². The van der Waals surface area contributed by atoms with Crippen molar-refractivity contribution in [1.29, 1.82) is 0 Å². The monoisotopic (exact) mass is 232 g/mol. The number of hydrogen-bond donors (Lipinski definition) is 3. The van der Waals surface area contributed by atoms with E-state index in [2.05, 4.69) is 22.5 Å². The molecule has 4 nitrogen and oxygen atoms in total. The molecule has 4 heteroatoms. The minimum Gasteiger partial charge on any atom is -0.395 e. The number of benzene rings is 1. The second-order valence-corrected chi connectivity index (χ2v) is 3.31. The van der Waals surface area contributed by atoms with Crippen molar-refractivity contribution < 1.29 is 9.90 Å². The van der Waals surface area contributed by atoms with Gasteiger partial charge in [0.15, 0.2) is 0 Å². The Morgan fingerprint density at radius 1 is 1.41 bits per heavy atom. The number of aliphatic hydroxyl groups is 1. The summed E-state index contributed by atoms with van der Waals surface area (Å²) in [6.07, 6.45) is 0.426. The van der Waals surface area contributed by atoms with Crippen LogP contribution in [-0.4, -0.2) is 24.3 Å². The standard InChI is InChI=1S/C13H16N2O2/c1-2-14-13(17)15-12-9-4-3-7-11(12)8-5-6-10-16/h3-4,7,9,16H,2,6,10H2,1H3,(H2,14,15,17). The van der Waals surface area contributed by atoms with Gasteiger partial charge in [0.05, 0.1) is 12.3 Å². The van der Waals surface area contributed by atoms with Gasteiger partial charge in [0.2, 0.25) is 0 Å². The van der Waals surface area contributed by atoms with Crippen LogP contribution in [0.3, 0.4) is 0 Å². The van der Waals surface area contributed by atoms with Crippen LogP contribution in [0.4, 0.5) is 10.5 Å². The van der Waals surface area contributed by atoms with Crippen molar-refractivity contribution in [3.05, 3.63) is 29.8 Å². The Balaban J connectivity index is 2.78. The van der Waals surface area contributed by atoms with Crippen LogP contribution < -0.4 is 10.6 Å². The Morgan fingerprint density at radius 3 is 2.88 bits per heavy atom. The van der Waals surface area contributed by atoms with Crippen LogP contribution in [0.1, 0.15) is 18.9 Å². The number of amides is 2. The van der Waals surface area contributed by atoms with Gasteiger partial charge in [-0.25, -0.2) is 4.79 Å². The van der Waals surface area contributed by atoms with Crippen molar-refractivity contribution >= 4 is 11.7 Å². The van der Waals surface area contributed by atoms with E-state index in [4.69, 9.17) is 5.11 Å². The van der Waals surface area contributed by atoms with E-state index in [1.165, 1.54) is 0 Å². The highest BCUT2D eigenvalue weighted by Gasteiger charge is 2.02. The molecule has 0 aliphatic rings. The molecule has 1 rings (SSSR count). The summed E-state index contributed by atoms with van der Waals surface area (Å²) < 4.78 is 0. The summed E-state index contributed by atoms with van der Waals surface area (Å²) in [7, 11) is 0. The van der Waals surface area contributed by atoms with Gasteiger partial charge in [-0.3, -0.25) is 0 Å². The van der Waals surface area contributed by atoms with Gasteiger partial charge in [0, 0.05) is 18.5 Å². The molecule has 0 spiro atoms. The summed E-state index contributed by atoms with van der Waals surface area (Å²) in [4.78, 5) is 11.4. The van der Waals surface area contributed by atoms with Crippen molar-refractivity contribution in [2.75, 3.05) is 18.5 Å². The Morgan fingerprint density at radius 2 is 2.18 bits per heavy atom. The van der Waals surface area contributed by atoms with Gasteiger partial charge in [-0.1, -0.05) is 24.0 Å². The lowest BCUT2D eigenvalue weighted by atomic mass is 10.2. The minimum absolute atomic E-state index is 0.0406. The maximum atomic E-state index is 11.4. The predicted molar refractivity (Wildman–Crippen MR) is 67.7 cm³/mol. The Bertz CT molecular complexity index is 433. The quantitative estimate of drug-likeness (QED) is 0.693. The molecule has 0 unspecified atom stereocenters. The van der Waals surface area contributed by atoms with Crippen LogP contribution in [0, 0.1) is 11.8 Å². The number of nitrogens with one attached hydrogen (secondary N) is 2. The molecule has 90 valence electrons. The molecule has 0 heterocycles. The van der Waals surface area contributed by atoms with Gasteiger partial charge in [-0.05, 0) is 19.1 Å². The molecule has 17 heavy (non-hydrogen) atoms. The number of carbonyl (C=O) groups is 1. The van der Waals surface area contributed by atoms with E-state index in [9.17, 15) is 4.79 Å². The van der Waals surface area contributed by atoms with E-state index in [-0.39, 0.29) is 12.6 Å². The van der Waals surface area contributed by atoms with Crippen molar-refractivity contribution in [2.45, 2.75) is 13.3 Å². The summed E-state index contributed by atoms with van der Waals surface area (Å²) in [5.41, 5.74) is 1.41. The van der Waals surface area contributed by atoms with Crippen LogP contribution in [0.15, 0.2) is 24.3 Å². The molecular weight excluding hydrogens is 216 g/mol. The molecule has 0 fully saturated rings. The SMILES string of the molecule is CCNC(=O)Nc1ccccc1C#CCCO. The van der Waals surface area contributed by atoms with E-state index in [1.807, 2.05) is 25.1 Å². The van der Waals surface area contributed by atoms with Crippen molar-refractivity contribution in [3.63, 3.8) is 0 Å². The number of para-hydroxylation sites is 1. The Hall–Kier alpha value is -1.99. The smallest absolute Gasteiger partial charge is 0.319 e. The third kappa shape index (κ3) is 4.58. The molecule has 0 atom stereocenters. The van der Waals surface area contributed by atoms with E-state index in [0.29, 0.717) is 18.7 Å². The first-order chi connectivity index (χ1) is 8.27. The third-order valence-electron chi connectivity index (χ3n) is 1.97. The zero-order valence-electron chi connectivity index (χ0n) is 9.79. The summed E-state index contributed by atoms with van der Waals surface area (Å²) in [6, 6.07) is 7.05. The molecule has 2 amide bonds. The number of anilines is 1. The molecule has 1 aromatic carbocycles. The minimum atomic E-state index is -0.246. The fourth-order valence-corrected chi connectivity index (χ4v) is 1.24. The molecule has 0 aliphatic carbocycles. The van der Waals surface area contributed by atoms with Gasteiger partial charge in [-0.2, -0.15) is 0 Å². The second-order valence-electron chi connectivity index (χ2n) is 3.31. The topological polar surface area (TPSA) is 61.4 Å². The summed E-state index contributed by atoms with van der Waals surface area (Å²) in [5.74, 6) is 5.73. The molecular formula is C13H16N2O2. The summed E-state index contributed by atoms with van der Waals surface area (Å²) in [6.45, 7) is 2.47. The van der Waals surface area contributed by atoms with Gasteiger partial charge in [-0.15, -0.1) is 0 Å². The highest BCUT2D eigenvalue weighted by molar-refractivity contribution is 5.90. The molecule has 0 saturated heterocycles. The molecule has 0 saturated carbocycles. The number of carbonyl (C=O) groups excluding carboxylic acids is 1. The first-order valence-electron chi connectivity index (χ1n) is 5.51. The summed E-state index contributed by atoms with van der Waals surface area (Å²) in [5, 5.41) is 14.0. The largest absolute Gasteiger partial charge is 0.395 e. The molecule has 0 radical (unpaired) electrons. The van der Waals surface area contributed by atoms with Crippen molar-refractivity contribution in [1.82, 2.24) is 5.32 Å². The fourth-order valence-electron chi connectivity index (χ4n) is 1.24. The zero-order chi connectivity index (χ0) is 12.5. The maximum absolute atomic E-state index is 11.4. The lowest BCUT2D eigenvalue weighted by molar-refractivity contribution is 0.252. The van der Waals surface area contributed by atoms with E-state index < -0.39 is 0 Å². The van der Waals surface area contributed by atoms with Crippen molar-refractivity contribution in [2.24, 2.45) is 0 Å². The van der Waals surface area contributed by atoms with E-state index in [0.717, 1.165) is 5.56 Å². The maximum Gasteiger partial charge on any atom is 0.319 e. The van der Waals surface area contributed by atoms with Gasteiger partial charge in [0.25, 0.3) is 0 Å². The molecule has 1 aromatic rings. The molecule has 0 aromatic heterocycles. The number of urea groups is 1. The first kappa shape index (κ1) is 13.1. The van der Waals surface area contributed by atoms with Gasteiger partial charge < -0.3 is 15.7 Å². The van der Waals surface area contributed by atoms with Gasteiger partial charge in [0.1, 0.15) is 0 Å². The highest BCUT2D eigenvalue weighted by Crippen LogP contribution is 2.13. The average molecular weight is 232 g/mol. The number of aliphatic hydroxyl groups excluding tert-OH is 1. The average Bonchev–Trinajstić information content (AvgIpc) is 2.32. The van der Waals surface area contributed by atoms with Crippen LogP contribution in [0.2, 0.25) is 0 Å².